The third kappa shape index (κ3) is 4.76. The van der Waals surface area contributed by atoms with Crippen molar-refractivity contribution in [3.05, 3.63) is 90.0 Å². The largest absolute Gasteiger partial charge is 0.490 e. The number of aliphatic carboxylic acids is 1. The van der Waals surface area contributed by atoms with Crippen LogP contribution in [0.4, 0.5) is 0 Å². The first kappa shape index (κ1) is 18.3. The number of ether oxygens (including phenoxy) is 2. The summed E-state index contributed by atoms with van der Waals surface area (Å²) in [7, 11) is 0. The van der Waals surface area contributed by atoms with E-state index in [-0.39, 0.29) is 5.57 Å². The highest BCUT2D eigenvalue weighted by molar-refractivity contribution is 6.20. The molecule has 3 aromatic rings. The summed E-state index contributed by atoms with van der Waals surface area (Å²) in [4.78, 5) is 11.6. The Morgan fingerprint density at radius 2 is 1.52 bits per heavy atom. The third-order valence-electron chi connectivity index (χ3n) is 3.88. The van der Waals surface area contributed by atoms with Crippen LogP contribution in [-0.2, 0) is 4.79 Å². The van der Waals surface area contributed by atoms with Gasteiger partial charge in [0.2, 0.25) is 0 Å². The zero-order valence-electron chi connectivity index (χ0n) is 15.0. The average Bonchev–Trinajstić information content (AvgIpc) is 2.69. The number of carboxylic acid groups (broad SMARTS) is 1. The Labute approximate surface area is 158 Å². The normalized spacial score (nSPS) is 11.1. The molecule has 0 amide bonds. The van der Waals surface area contributed by atoms with Crippen LogP contribution in [0, 0.1) is 0 Å². The minimum absolute atomic E-state index is 0.242. The van der Waals surface area contributed by atoms with E-state index in [1.807, 2.05) is 61.5 Å². The monoisotopic (exact) mass is 360 g/mol. The van der Waals surface area contributed by atoms with Gasteiger partial charge in [-0.2, -0.15) is 0 Å². The van der Waals surface area contributed by atoms with Gasteiger partial charge in [0.1, 0.15) is 5.75 Å². The van der Waals surface area contributed by atoms with Gasteiger partial charge in [0.25, 0.3) is 0 Å². The number of carbonyl (C=O) groups is 1. The molecule has 0 atom stereocenters. The fraction of sp³-hybridized carbons (Fsp3) is 0.0870. The van der Waals surface area contributed by atoms with Crippen molar-refractivity contribution in [3.8, 4) is 17.2 Å². The molecule has 27 heavy (non-hydrogen) atoms. The van der Waals surface area contributed by atoms with E-state index in [1.54, 1.807) is 30.3 Å². The van der Waals surface area contributed by atoms with Gasteiger partial charge in [-0.3, -0.25) is 0 Å². The Morgan fingerprint density at radius 3 is 2.15 bits per heavy atom. The maximum Gasteiger partial charge on any atom is 0.336 e. The van der Waals surface area contributed by atoms with Crippen LogP contribution in [0.5, 0.6) is 17.2 Å². The number of para-hydroxylation sites is 2. The molecular formula is C23H20O4. The Bertz CT molecular complexity index is 928. The molecule has 0 radical (unpaired) electrons. The molecule has 4 nitrogen and oxygen atoms in total. The molecule has 0 aliphatic carbocycles. The first-order chi connectivity index (χ1) is 13.2. The lowest BCUT2D eigenvalue weighted by Crippen LogP contribution is -1.99. The summed E-state index contributed by atoms with van der Waals surface area (Å²) in [6.45, 7) is 2.48. The van der Waals surface area contributed by atoms with E-state index in [4.69, 9.17) is 9.47 Å². The third-order valence-corrected chi connectivity index (χ3v) is 3.88. The summed E-state index contributed by atoms with van der Waals surface area (Å²) >= 11 is 0. The van der Waals surface area contributed by atoms with Crippen molar-refractivity contribution in [1.29, 1.82) is 0 Å². The van der Waals surface area contributed by atoms with E-state index < -0.39 is 5.97 Å². The Kier molecular flexibility index (Phi) is 5.90. The molecular weight excluding hydrogens is 340 g/mol. The molecule has 136 valence electrons. The highest BCUT2D eigenvalue weighted by atomic mass is 16.5. The molecule has 0 fully saturated rings. The van der Waals surface area contributed by atoms with Crippen molar-refractivity contribution in [2.24, 2.45) is 0 Å². The van der Waals surface area contributed by atoms with E-state index >= 15 is 0 Å². The fourth-order valence-corrected chi connectivity index (χ4v) is 2.62. The maximum absolute atomic E-state index is 11.6. The van der Waals surface area contributed by atoms with Crippen molar-refractivity contribution >= 4 is 17.6 Å². The van der Waals surface area contributed by atoms with Gasteiger partial charge in [-0.1, -0.05) is 54.6 Å². The van der Waals surface area contributed by atoms with Crippen LogP contribution in [-0.4, -0.2) is 17.7 Å². The quantitative estimate of drug-likeness (QED) is 0.446. The van der Waals surface area contributed by atoms with E-state index in [2.05, 4.69) is 0 Å². The minimum Gasteiger partial charge on any atom is -0.490 e. The first-order valence-corrected chi connectivity index (χ1v) is 8.67. The van der Waals surface area contributed by atoms with Crippen LogP contribution in [0.3, 0.4) is 0 Å². The van der Waals surface area contributed by atoms with Gasteiger partial charge in [-0.15, -0.1) is 0 Å². The molecule has 3 aromatic carbocycles. The smallest absolute Gasteiger partial charge is 0.336 e. The van der Waals surface area contributed by atoms with Crippen LogP contribution >= 0.6 is 0 Å². The molecule has 0 aliphatic rings. The van der Waals surface area contributed by atoms with E-state index in [1.165, 1.54) is 0 Å². The van der Waals surface area contributed by atoms with Crippen LogP contribution < -0.4 is 9.47 Å². The second-order valence-electron chi connectivity index (χ2n) is 5.78. The molecule has 0 heterocycles. The lowest BCUT2D eigenvalue weighted by atomic mass is 10.0. The molecule has 3 rings (SSSR count). The summed E-state index contributed by atoms with van der Waals surface area (Å²) < 4.78 is 11.5. The number of hydrogen-bond acceptors (Lipinski definition) is 3. The molecule has 0 unspecified atom stereocenters. The molecule has 0 aliphatic heterocycles. The summed E-state index contributed by atoms with van der Waals surface area (Å²) in [6.07, 6.45) is 1.65. The molecule has 0 aromatic heterocycles. The molecule has 0 bridgehead atoms. The summed E-state index contributed by atoms with van der Waals surface area (Å²) in [5.41, 5.74) is 1.68. The van der Waals surface area contributed by atoms with Crippen molar-refractivity contribution in [2.75, 3.05) is 6.61 Å². The predicted octanol–water partition coefficient (Wildman–Crippen LogP) is 5.50. The van der Waals surface area contributed by atoms with Crippen LogP contribution in [0.25, 0.3) is 11.6 Å². The zero-order chi connectivity index (χ0) is 19.1. The maximum atomic E-state index is 11.6. The van der Waals surface area contributed by atoms with E-state index in [0.29, 0.717) is 29.4 Å². The second kappa shape index (κ2) is 8.72. The lowest BCUT2D eigenvalue weighted by Gasteiger charge is -2.11. The van der Waals surface area contributed by atoms with Gasteiger partial charge in [0.05, 0.1) is 12.2 Å². The Hall–Kier alpha value is -3.53. The molecule has 0 spiro atoms. The fourth-order valence-electron chi connectivity index (χ4n) is 2.62. The Morgan fingerprint density at radius 1 is 0.889 bits per heavy atom. The number of benzene rings is 3. The SMILES string of the molecule is CCOc1ccccc1Oc1ccc(/C=C(/C(=O)O)c2ccccc2)cc1. The summed E-state index contributed by atoms with van der Waals surface area (Å²) in [6, 6.07) is 23.8. The van der Waals surface area contributed by atoms with E-state index in [0.717, 1.165) is 5.56 Å². The lowest BCUT2D eigenvalue weighted by molar-refractivity contribution is -0.130. The van der Waals surface area contributed by atoms with Crippen molar-refractivity contribution in [1.82, 2.24) is 0 Å². The van der Waals surface area contributed by atoms with Crippen LogP contribution in [0.1, 0.15) is 18.1 Å². The van der Waals surface area contributed by atoms with Crippen molar-refractivity contribution < 1.29 is 19.4 Å². The zero-order valence-corrected chi connectivity index (χ0v) is 15.0. The Balaban J connectivity index is 1.82. The van der Waals surface area contributed by atoms with Crippen LogP contribution in [0.2, 0.25) is 0 Å². The molecule has 0 saturated heterocycles. The number of rotatable bonds is 7. The summed E-state index contributed by atoms with van der Waals surface area (Å²) in [5.74, 6) is 1.00. The van der Waals surface area contributed by atoms with Crippen LogP contribution in [0.15, 0.2) is 78.9 Å². The molecule has 4 heteroatoms. The van der Waals surface area contributed by atoms with Gasteiger partial charge in [0.15, 0.2) is 11.5 Å². The van der Waals surface area contributed by atoms with Gasteiger partial charge in [-0.25, -0.2) is 4.79 Å². The summed E-state index contributed by atoms with van der Waals surface area (Å²) in [5, 5.41) is 9.51. The first-order valence-electron chi connectivity index (χ1n) is 8.67. The number of carboxylic acids is 1. The van der Waals surface area contributed by atoms with Gasteiger partial charge in [-0.05, 0) is 48.4 Å². The molecule has 0 saturated carbocycles. The van der Waals surface area contributed by atoms with Gasteiger partial charge < -0.3 is 14.6 Å². The van der Waals surface area contributed by atoms with Crippen molar-refractivity contribution in [2.45, 2.75) is 6.92 Å². The minimum atomic E-state index is -0.966. The van der Waals surface area contributed by atoms with Crippen molar-refractivity contribution in [3.63, 3.8) is 0 Å². The highest BCUT2D eigenvalue weighted by Gasteiger charge is 2.10. The van der Waals surface area contributed by atoms with E-state index in [9.17, 15) is 9.90 Å². The number of hydrogen-bond donors (Lipinski definition) is 1. The van der Waals surface area contributed by atoms with Gasteiger partial charge in [0, 0.05) is 0 Å². The second-order valence-corrected chi connectivity index (χ2v) is 5.78. The predicted molar refractivity (Wildman–Crippen MR) is 106 cm³/mol. The molecule has 1 N–H and O–H groups in total. The topological polar surface area (TPSA) is 55.8 Å². The van der Waals surface area contributed by atoms with Gasteiger partial charge >= 0.3 is 5.97 Å². The average molecular weight is 360 g/mol. The standard InChI is InChI=1S/C23H20O4/c1-2-26-21-10-6-7-11-22(21)27-19-14-12-17(13-15-19)16-20(23(24)25)18-8-4-3-5-9-18/h3-16H,2H2,1H3,(H,24,25)/b20-16+. The highest BCUT2D eigenvalue weighted by Crippen LogP contribution is 2.31.